The number of nitrogens with zero attached hydrogens (tertiary/aromatic N) is 2. The number of rotatable bonds is 7. The van der Waals surface area contributed by atoms with Gasteiger partial charge in [0.25, 0.3) is 0 Å². The first-order valence-electron chi connectivity index (χ1n) is 9.27. The van der Waals surface area contributed by atoms with E-state index >= 15 is 0 Å². The monoisotopic (exact) mass is 422 g/mol. The fraction of sp³-hybridized carbons (Fsp3) is 0.400. The Morgan fingerprint density at radius 1 is 1.21 bits per heavy atom. The first-order valence-corrected chi connectivity index (χ1v) is 11.1. The third-order valence-corrected chi connectivity index (χ3v) is 6.84. The second-order valence-corrected chi connectivity index (χ2v) is 9.11. The number of hydrogen-bond acceptors (Lipinski definition) is 5. The molecule has 0 unspecified atom stereocenters. The normalized spacial score (nSPS) is 14.9. The number of carbonyl (C=O) groups excluding carboxylic acids is 1. The molecule has 1 aliphatic heterocycles. The van der Waals surface area contributed by atoms with E-state index < -0.39 is 16.0 Å². The van der Waals surface area contributed by atoms with Gasteiger partial charge in [-0.05, 0) is 62.9 Å². The summed E-state index contributed by atoms with van der Waals surface area (Å²) >= 11 is 6.11. The summed E-state index contributed by atoms with van der Waals surface area (Å²) in [4.78, 5) is 16.9. The number of ether oxygens (including phenoxy) is 1. The summed E-state index contributed by atoms with van der Waals surface area (Å²) in [6.07, 6.45) is 2.99. The Kier molecular flexibility index (Phi) is 6.69. The van der Waals surface area contributed by atoms with Crippen LogP contribution in [0.1, 0.15) is 41.0 Å². The van der Waals surface area contributed by atoms with Gasteiger partial charge in [0.05, 0.1) is 22.1 Å². The van der Waals surface area contributed by atoms with E-state index in [1.54, 1.807) is 0 Å². The van der Waals surface area contributed by atoms with Gasteiger partial charge in [-0.2, -0.15) is 4.31 Å². The predicted molar refractivity (Wildman–Crippen MR) is 107 cm³/mol. The summed E-state index contributed by atoms with van der Waals surface area (Å²) < 4.78 is 32.1. The minimum Gasteiger partial charge on any atom is -0.462 e. The lowest BCUT2D eigenvalue weighted by molar-refractivity contribution is 0.0500. The van der Waals surface area contributed by atoms with Crippen LogP contribution in [0.5, 0.6) is 0 Å². The Morgan fingerprint density at radius 2 is 1.96 bits per heavy atom. The van der Waals surface area contributed by atoms with Gasteiger partial charge in [-0.15, -0.1) is 0 Å². The van der Waals surface area contributed by atoms with Crippen LogP contribution in [0.15, 0.2) is 41.3 Å². The molecule has 150 valence electrons. The number of pyridine rings is 1. The zero-order valence-electron chi connectivity index (χ0n) is 15.7. The van der Waals surface area contributed by atoms with Gasteiger partial charge < -0.3 is 4.74 Å². The summed E-state index contributed by atoms with van der Waals surface area (Å²) in [5.41, 5.74) is 1.95. The van der Waals surface area contributed by atoms with Gasteiger partial charge in [-0.3, -0.25) is 4.98 Å². The molecule has 2 heterocycles. The fourth-order valence-electron chi connectivity index (χ4n) is 3.13. The van der Waals surface area contributed by atoms with Crippen LogP contribution in [0.3, 0.4) is 0 Å². The molecule has 0 spiro atoms. The smallest absolute Gasteiger partial charge is 0.339 e. The Morgan fingerprint density at radius 3 is 2.68 bits per heavy atom. The molecule has 0 saturated carbocycles. The topological polar surface area (TPSA) is 76.6 Å². The van der Waals surface area contributed by atoms with Crippen molar-refractivity contribution < 1.29 is 17.9 Å². The van der Waals surface area contributed by atoms with Crippen molar-refractivity contribution in [1.82, 2.24) is 9.29 Å². The summed E-state index contributed by atoms with van der Waals surface area (Å²) in [6, 6.07) is 9.96. The van der Waals surface area contributed by atoms with Gasteiger partial charge in [0.1, 0.15) is 0 Å². The SMILES string of the molecule is Cc1cccc(CCCOC(=O)c2cc(S(=O)(=O)N3CCCC3)ccc2Cl)n1. The number of carbonyl (C=O) groups is 1. The quantitative estimate of drug-likeness (QED) is 0.503. The number of aryl methyl sites for hydroxylation is 2. The van der Waals surface area contributed by atoms with Crippen molar-refractivity contribution in [3.63, 3.8) is 0 Å². The molecule has 0 aliphatic carbocycles. The minimum absolute atomic E-state index is 0.0645. The van der Waals surface area contributed by atoms with Crippen LogP contribution in [-0.4, -0.2) is 43.4 Å². The molecule has 0 atom stereocenters. The first-order chi connectivity index (χ1) is 13.4. The molecule has 1 aromatic heterocycles. The minimum atomic E-state index is -3.62. The molecule has 0 bridgehead atoms. The van der Waals surface area contributed by atoms with Crippen LogP contribution in [0.4, 0.5) is 0 Å². The van der Waals surface area contributed by atoms with Crippen molar-refractivity contribution in [2.45, 2.75) is 37.5 Å². The van der Waals surface area contributed by atoms with Crippen LogP contribution < -0.4 is 0 Å². The number of benzene rings is 1. The number of sulfonamides is 1. The second-order valence-electron chi connectivity index (χ2n) is 6.76. The maximum absolute atomic E-state index is 12.7. The average molecular weight is 423 g/mol. The van der Waals surface area contributed by atoms with E-state index in [1.165, 1.54) is 22.5 Å². The highest BCUT2D eigenvalue weighted by molar-refractivity contribution is 7.89. The Bertz CT molecular complexity index is 956. The molecule has 6 nitrogen and oxygen atoms in total. The standard InChI is InChI=1S/C20H23ClN2O4S/c1-15-6-4-7-16(22-15)8-5-13-27-20(24)18-14-17(9-10-19(18)21)28(25,26)23-11-2-3-12-23/h4,6-7,9-10,14H,2-3,5,8,11-13H2,1H3. The summed E-state index contributed by atoms with van der Waals surface area (Å²) in [7, 11) is -3.62. The van der Waals surface area contributed by atoms with Gasteiger partial charge in [-0.25, -0.2) is 13.2 Å². The zero-order valence-corrected chi connectivity index (χ0v) is 17.3. The highest BCUT2D eigenvalue weighted by Crippen LogP contribution is 2.25. The molecule has 0 amide bonds. The summed E-state index contributed by atoms with van der Waals surface area (Å²) in [6.45, 7) is 3.12. The third-order valence-electron chi connectivity index (χ3n) is 4.62. The molecule has 28 heavy (non-hydrogen) atoms. The average Bonchev–Trinajstić information content (AvgIpc) is 3.21. The lowest BCUT2D eigenvalue weighted by Gasteiger charge is -2.16. The van der Waals surface area contributed by atoms with E-state index in [0.717, 1.165) is 24.2 Å². The molecule has 1 fully saturated rings. The Hall–Kier alpha value is -1.96. The molecule has 1 aromatic carbocycles. The molecule has 2 aromatic rings. The third kappa shape index (κ3) is 4.90. The first kappa shape index (κ1) is 20.8. The van der Waals surface area contributed by atoms with E-state index in [1.807, 2.05) is 25.1 Å². The largest absolute Gasteiger partial charge is 0.462 e. The van der Waals surface area contributed by atoms with Gasteiger partial charge in [0.2, 0.25) is 10.0 Å². The molecular weight excluding hydrogens is 400 g/mol. The lowest BCUT2D eigenvalue weighted by Crippen LogP contribution is -2.28. The van der Waals surface area contributed by atoms with Crippen LogP contribution in [-0.2, 0) is 21.2 Å². The number of aromatic nitrogens is 1. The van der Waals surface area contributed by atoms with Crippen molar-refractivity contribution in [2.75, 3.05) is 19.7 Å². The second kappa shape index (κ2) is 9.03. The summed E-state index contributed by atoms with van der Waals surface area (Å²) in [5, 5.41) is 0.172. The Balaban J connectivity index is 1.63. The van der Waals surface area contributed by atoms with Gasteiger partial charge in [0, 0.05) is 24.5 Å². The van der Waals surface area contributed by atoms with Crippen LogP contribution in [0.25, 0.3) is 0 Å². The zero-order chi connectivity index (χ0) is 20.1. The summed E-state index contributed by atoms with van der Waals surface area (Å²) in [5.74, 6) is -0.624. The molecule has 0 radical (unpaired) electrons. The fourth-order valence-corrected chi connectivity index (χ4v) is 4.87. The lowest BCUT2D eigenvalue weighted by atomic mass is 10.2. The van der Waals surface area contributed by atoms with Crippen molar-refractivity contribution in [2.24, 2.45) is 0 Å². The number of esters is 1. The highest BCUT2D eigenvalue weighted by Gasteiger charge is 2.28. The van der Waals surface area contributed by atoms with E-state index in [-0.39, 0.29) is 22.1 Å². The molecule has 3 rings (SSSR count). The Labute approximate surface area is 170 Å². The van der Waals surface area contributed by atoms with E-state index in [0.29, 0.717) is 25.9 Å². The maximum atomic E-state index is 12.7. The van der Waals surface area contributed by atoms with Crippen molar-refractivity contribution >= 4 is 27.6 Å². The molecule has 1 saturated heterocycles. The van der Waals surface area contributed by atoms with Crippen LogP contribution in [0.2, 0.25) is 5.02 Å². The van der Waals surface area contributed by atoms with Crippen LogP contribution in [0, 0.1) is 6.92 Å². The molecular formula is C20H23ClN2O4S. The predicted octanol–water partition coefficient (Wildman–Crippen LogP) is 3.62. The van der Waals surface area contributed by atoms with E-state index in [4.69, 9.17) is 16.3 Å². The van der Waals surface area contributed by atoms with Crippen molar-refractivity contribution in [1.29, 1.82) is 0 Å². The highest BCUT2D eigenvalue weighted by atomic mass is 35.5. The van der Waals surface area contributed by atoms with Crippen molar-refractivity contribution in [3.8, 4) is 0 Å². The molecule has 1 aliphatic rings. The molecule has 8 heteroatoms. The van der Waals surface area contributed by atoms with E-state index in [2.05, 4.69) is 4.98 Å². The maximum Gasteiger partial charge on any atom is 0.339 e. The van der Waals surface area contributed by atoms with Crippen LogP contribution >= 0.6 is 11.6 Å². The van der Waals surface area contributed by atoms with Crippen molar-refractivity contribution in [3.05, 3.63) is 58.4 Å². The number of halogens is 1. The van der Waals surface area contributed by atoms with E-state index in [9.17, 15) is 13.2 Å². The number of hydrogen-bond donors (Lipinski definition) is 0. The van der Waals surface area contributed by atoms with Gasteiger partial charge in [0.15, 0.2) is 0 Å². The molecule has 0 N–H and O–H groups in total. The van der Waals surface area contributed by atoms with Gasteiger partial charge >= 0.3 is 5.97 Å². The van der Waals surface area contributed by atoms with Gasteiger partial charge in [-0.1, -0.05) is 17.7 Å².